The Morgan fingerprint density at radius 3 is 2.88 bits per heavy atom. The van der Waals surface area contributed by atoms with Crippen molar-refractivity contribution in [2.24, 2.45) is 5.92 Å². The molecule has 0 radical (unpaired) electrons. The van der Waals surface area contributed by atoms with E-state index in [0.717, 1.165) is 0 Å². The van der Waals surface area contributed by atoms with E-state index in [1.165, 1.54) is 30.4 Å². The molecule has 1 aliphatic heterocycles. The number of carbonyl (C=O) groups is 2. The van der Waals surface area contributed by atoms with Crippen LogP contribution in [0.3, 0.4) is 0 Å². The highest BCUT2D eigenvalue weighted by molar-refractivity contribution is 5.90. The molecule has 0 spiro atoms. The van der Waals surface area contributed by atoms with E-state index in [4.69, 9.17) is 9.15 Å². The number of likely N-dealkylation sites (tertiary alicyclic amines) is 1. The Balaban J connectivity index is 1.67. The molecule has 1 atom stereocenters. The Kier molecular flexibility index (Phi) is 5.02. The molecule has 132 valence electrons. The van der Waals surface area contributed by atoms with Gasteiger partial charge in [-0.2, -0.15) is 0 Å². The summed E-state index contributed by atoms with van der Waals surface area (Å²) in [6.07, 6.45) is 2.90. The maximum absolute atomic E-state index is 14.3. The maximum Gasteiger partial charge on any atom is 0.321 e. The molecule has 6 nitrogen and oxygen atoms in total. The Labute approximate surface area is 144 Å². The zero-order valence-electron chi connectivity index (χ0n) is 13.8. The van der Waals surface area contributed by atoms with E-state index in [1.807, 2.05) is 0 Å². The number of nitrogens with zero attached hydrogens (tertiary/aromatic N) is 1. The van der Waals surface area contributed by atoms with E-state index >= 15 is 0 Å². The van der Waals surface area contributed by atoms with Crippen molar-refractivity contribution in [2.45, 2.75) is 12.8 Å². The van der Waals surface area contributed by atoms with Crippen LogP contribution in [0.5, 0.6) is 0 Å². The zero-order valence-corrected chi connectivity index (χ0v) is 13.8. The van der Waals surface area contributed by atoms with Gasteiger partial charge in [0, 0.05) is 18.7 Å². The summed E-state index contributed by atoms with van der Waals surface area (Å²) in [5, 5.41) is 2.56. The number of carbonyl (C=O) groups excluding carboxylic acids is 2. The standard InChI is InChI=1S/C18H19FN2O4/c1-24-17(22)13-4-2-8-21(11-13)18(23)20-15-7-6-12(10-14(15)19)16-5-3-9-25-16/h3,5-7,9-10,13H,2,4,8,11H2,1H3,(H,20,23)/t13-/m0/s1. The minimum Gasteiger partial charge on any atom is -0.469 e. The van der Waals surface area contributed by atoms with Gasteiger partial charge in [-0.1, -0.05) is 0 Å². The smallest absolute Gasteiger partial charge is 0.321 e. The normalized spacial score (nSPS) is 17.2. The summed E-state index contributed by atoms with van der Waals surface area (Å²) in [6, 6.07) is 7.49. The third-order valence-corrected chi connectivity index (χ3v) is 4.26. The second-order valence-electron chi connectivity index (χ2n) is 5.91. The second kappa shape index (κ2) is 7.38. The van der Waals surface area contributed by atoms with E-state index in [1.54, 1.807) is 18.2 Å². The number of hydrogen-bond acceptors (Lipinski definition) is 4. The molecular formula is C18H19FN2O4. The van der Waals surface area contributed by atoms with E-state index in [-0.39, 0.29) is 24.1 Å². The molecule has 1 saturated heterocycles. The summed E-state index contributed by atoms with van der Waals surface area (Å²) in [5.74, 6) is -0.667. The fourth-order valence-corrected chi connectivity index (χ4v) is 2.93. The van der Waals surface area contributed by atoms with Gasteiger partial charge in [-0.15, -0.1) is 0 Å². The lowest BCUT2D eigenvalue weighted by atomic mass is 9.98. The van der Waals surface area contributed by atoms with Gasteiger partial charge in [-0.25, -0.2) is 9.18 Å². The SMILES string of the molecule is COC(=O)[C@H]1CCCN(C(=O)Nc2ccc(-c3ccco3)cc2F)C1. The van der Waals surface area contributed by atoms with Crippen molar-refractivity contribution in [3.8, 4) is 11.3 Å². The van der Waals surface area contributed by atoms with E-state index in [2.05, 4.69) is 5.32 Å². The van der Waals surface area contributed by atoms with Crippen LogP contribution in [0.15, 0.2) is 41.0 Å². The van der Waals surface area contributed by atoms with Gasteiger partial charge in [0.25, 0.3) is 0 Å². The molecule has 2 aromatic rings. The largest absolute Gasteiger partial charge is 0.469 e. The molecule has 1 N–H and O–H groups in total. The number of urea groups is 1. The number of furan rings is 1. The maximum atomic E-state index is 14.3. The first kappa shape index (κ1) is 17.0. The van der Waals surface area contributed by atoms with Crippen LogP contribution in [0, 0.1) is 11.7 Å². The quantitative estimate of drug-likeness (QED) is 0.864. The Hall–Kier alpha value is -2.83. The molecule has 3 rings (SSSR count). The number of ether oxygens (including phenoxy) is 1. The van der Waals surface area contributed by atoms with E-state index < -0.39 is 11.8 Å². The highest BCUT2D eigenvalue weighted by Gasteiger charge is 2.29. The highest BCUT2D eigenvalue weighted by atomic mass is 19.1. The average molecular weight is 346 g/mol. The lowest BCUT2D eigenvalue weighted by molar-refractivity contribution is -0.146. The number of amides is 2. The molecule has 0 bridgehead atoms. The lowest BCUT2D eigenvalue weighted by Crippen LogP contribution is -2.44. The van der Waals surface area contributed by atoms with Crippen LogP contribution in [0.2, 0.25) is 0 Å². The van der Waals surface area contributed by atoms with E-state index in [0.29, 0.717) is 30.7 Å². The monoisotopic (exact) mass is 346 g/mol. The van der Waals surface area contributed by atoms with Crippen molar-refractivity contribution in [2.75, 3.05) is 25.5 Å². The van der Waals surface area contributed by atoms with Gasteiger partial charge in [0.05, 0.1) is 25.0 Å². The third-order valence-electron chi connectivity index (χ3n) is 4.26. The van der Waals surface area contributed by atoms with Crippen LogP contribution in [0.4, 0.5) is 14.9 Å². The number of halogens is 1. The summed E-state index contributed by atoms with van der Waals surface area (Å²) in [7, 11) is 1.33. The van der Waals surface area contributed by atoms with Crippen LogP contribution < -0.4 is 5.32 Å². The van der Waals surface area contributed by atoms with Crippen molar-refractivity contribution in [3.05, 3.63) is 42.4 Å². The summed E-state index contributed by atoms with van der Waals surface area (Å²) >= 11 is 0. The minimum absolute atomic E-state index is 0.0838. The molecule has 2 amide bonds. The molecule has 25 heavy (non-hydrogen) atoms. The number of rotatable bonds is 3. The van der Waals surface area contributed by atoms with Crippen molar-refractivity contribution < 1.29 is 23.1 Å². The molecule has 1 aromatic carbocycles. The summed E-state index contributed by atoms with van der Waals surface area (Å²) in [4.78, 5) is 25.5. The third kappa shape index (κ3) is 3.81. The Morgan fingerprint density at radius 1 is 1.36 bits per heavy atom. The van der Waals surface area contributed by atoms with Gasteiger partial charge in [0.2, 0.25) is 0 Å². The number of benzene rings is 1. The molecule has 0 unspecified atom stereocenters. The van der Waals surface area contributed by atoms with Crippen LogP contribution >= 0.6 is 0 Å². The predicted molar refractivity (Wildman–Crippen MR) is 89.4 cm³/mol. The van der Waals surface area contributed by atoms with Crippen LogP contribution in [-0.2, 0) is 9.53 Å². The first-order valence-corrected chi connectivity index (χ1v) is 8.05. The molecule has 7 heteroatoms. The van der Waals surface area contributed by atoms with Crippen molar-refractivity contribution in [3.63, 3.8) is 0 Å². The number of esters is 1. The number of hydrogen-bond donors (Lipinski definition) is 1. The lowest BCUT2D eigenvalue weighted by Gasteiger charge is -2.31. The van der Waals surface area contributed by atoms with E-state index in [9.17, 15) is 14.0 Å². The fraction of sp³-hybridized carbons (Fsp3) is 0.333. The molecule has 0 saturated carbocycles. The number of methoxy groups -OCH3 is 1. The van der Waals surface area contributed by atoms with Crippen LogP contribution in [0.1, 0.15) is 12.8 Å². The molecule has 2 heterocycles. The van der Waals surface area contributed by atoms with Crippen molar-refractivity contribution in [1.82, 2.24) is 4.90 Å². The molecule has 1 fully saturated rings. The first-order chi connectivity index (χ1) is 12.1. The highest BCUT2D eigenvalue weighted by Crippen LogP contribution is 2.25. The number of anilines is 1. The Morgan fingerprint density at radius 2 is 2.20 bits per heavy atom. The van der Waals surface area contributed by atoms with Gasteiger partial charge in [0.1, 0.15) is 11.6 Å². The predicted octanol–water partition coefficient (Wildman–Crippen LogP) is 3.50. The summed E-state index contributed by atoms with van der Waals surface area (Å²) < 4.78 is 24.2. The van der Waals surface area contributed by atoms with Gasteiger partial charge < -0.3 is 19.4 Å². The van der Waals surface area contributed by atoms with Crippen LogP contribution in [-0.4, -0.2) is 37.1 Å². The molecule has 1 aliphatic rings. The van der Waals surface area contributed by atoms with Gasteiger partial charge in [-0.05, 0) is 43.2 Å². The Bertz CT molecular complexity index is 760. The summed E-state index contributed by atoms with van der Waals surface area (Å²) in [5.41, 5.74) is 0.671. The minimum atomic E-state index is -0.552. The topological polar surface area (TPSA) is 71.8 Å². The van der Waals surface area contributed by atoms with Crippen LogP contribution in [0.25, 0.3) is 11.3 Å². The molecular weight excluding hydrogens is 327 g/mol. The van der Waals surface area contributed by atoms with Crippen molar-refractivity contribution in [1.29, 1.82) is 0 Å². The fourth-order valence-electron chi connectivity index (χ4n) is 2.93. The van der Waals surface area contributed by atoms with Gasteiger partial charge >= 0.3 is 12.0 Å². The first-order valence-electron chi connectivity index (χ1n) is 8.05. The summed E-state index contributed by atoms with van der Waals surface area (Å²) in [6.45, 7) is 0.788. The second-order valence-corrected chi connectivity index (χ2v) is 5.91. The molecule has 1 aromatic heterocycles. The number of piperidine rings is 1. The number of nitrogens with one attached hydrogen (secondary N) is 1. The molecule has 0 aliphatic carbocycles. The van der Waals surface area contributed by atoms with Crippen molar-refractivity contribution >= 4 is 17.7 Å². The average Bonchev–Trinajstić information content (AvgIpc) is 3.17. The van der Waals surface area contributed by atoms with Gasteiger partial charge in [0.15, 0.2) is 0 Å². The zero-order chi connectivity index (χ0) is 17.8. The van der Waals surface area contributed by atoms with Gasteiger partial charge in [-0.3, -0.25) is 4.79 Å².